The fraction of sp³-hybridized carbons (Fsp3) is 0.259. The van der Waals surface area contributed by atoms with Gasteiger partial charge in [0.2, 0.25) is 0 Å². The fourth-order valence-electron chi connectivity index (χ4n) is 4.98. The minimum absolute atomic E-state index is 0. The van der Waals surface area contributed by atoms with Crippen LogP contribution in [0.1, 0.15) is 11.1 Å². The van der Waals surface area contributed by atoms with Crippen molar-refractivity contribution >= 4 is 64.5 Å². The number of anilines is 3. The van der Waals surface area contributed by atoms with Crippen LogP contribution in [0.3, 0.4) is 0 Å². The number of hydrogen-bond acceptors (Lipinski definition) is 7. The normalized spacial score (nSPS) is 14.8. The first-order valence-corrected chi connectivity index (χ1v) is 12.6. The van der Waals surface area contributed by atoms with E-state index in [0.717, 1.165) is 27.7 Å². The summed E-state index contributed by atoms with van der Waals surface area (Å²) in [5.41, 5.74) is 4.47. The van der Waals surface area contributed by atoms with E-state index in [-0.39, 0.29) is 43.2 Å². The maximum atomic E-state index is 13.6. The lowest BCUT2D eigenvalue weighted by Gasteiger charge is -2.28. The highest BCUT2D eigenvalue weighted by atomic mass is 35.5. The molecule has 5 aromatic rings. The van der Waals surface area contributed by atoms with Gasteiger partial charge in [-0.15, -0.1) is 24.8 Å². The van der Waals surface area contributed by atoms with Crippen molar-refractivity contribution < 1.29 is 19.0 Å². The SMILES string of the molecule is Cc1c(N(C[C@H]2COCCN2)C(=O)O)cn2ncnc(Nc3ccc4c(cnn4Cc4cccc(F)c4)c3)c12.Cl.Cl. The molecule has 1 amide bonds. The number of nitrogens with zero attached hydrogens (tertiary/aromatic N) is 6. The van der Waals surface area contributed by atoms with E-state index in [1.54, 1.807) is 23.0 Å². The molecule has 216 valence electrons. The first-order valence-electron chi connectivity index (χ1n) is 12.6. The topological polar surface area (TPSA) is 122 Å². The van der Waals surface area contributed by atoms with Crippen LogP contribution in [0.2, 0.25) is 0 Å². The average Bonchev–Trinajstić information content (AvgIpc) is 3.48. The van der Waals surface area contributed by atoms with Crippen molar-refractivity contribution in [3.05, 3.63) is 78.1 Å². The van der Waals surface area contributed by atoms with Crippen LogP contribution in [-0.4, -0.2) is 67.9 Å². The molecule has 3 N–H and O–H groups in total. The zero-order valence-electron chi connectivity index (χ0n) is 22.0. The lowest BCUT2D eigenvalue weighted by Crippen LogP contribution is -2.49. The van der Waals surface area contributed by atoms with Crippen molar-refractivity contribution in [2.24, 2.45) is 0 Å². The molecule has 1 aliphatic heterocycles. The van der Waals surface area contributed by atoms with Crippen molar-refractivity contribution in [1.82, 2.24) is 29.7 Å². The number of hydrogen-bond donors (Lipinski definition) is 3. The number of nitrogens with one attached hydrogen (secondary N) is 2. The van der Waals surface area contributed by atoms with Crippen LogP contribution in [0, 0.1) is 12.7 Å². The zero-order valence-corrected chi connectivity index (χ0v) is 23.7. The molecule has 0 bridgehead atoms. The minimum atomic E-state index is -1.05. The molecule has 1 fully saturated rings. The van der Waals surface area contributed by atoms with Crippen LogP contribution in [-0.2, 0) is 11.3 Å². The summed E-state index contributed by atoms with van der Waals surface area (Å²) >= 11 is 0. The summed E-state index contributed by atoms with van der Waals surface area (Å²) in [6.45, 7) is 4.31. The van der Waals surface area contributed by atoms with Crippen LogP contribution in [0.25, 0.3) is 16.4 Å². The Hall–Kier alpha value is -3.97. The number of rotatable bonds is 7. The van der Waals surface area contributed by atoms with Crippen LogP contribution >= 0.6 is 24.8 Å². The number of benzene rings is 2. The molecule has 14 heteroatoms. The molecule has 1 aliphatic rings. The van der Waals surface area contributed by atoms with E-state index in [9.17, 15) is 14.3 Å². The number of amides is 1. The summed E-state index contributed by atoms with van der Waals surface area (Å²) in [6, 6.07) is 12.2. The van der Waals surface area contributed by atoms with Crippen molar-refractivity contribution in [3.63, 3.8) is 0 Å². The molecule has 11 nitrogen and oxygen atoms in total. The molecular formula is C27H29Cl2FN8O3. The smallest absolute Gasteiger partial charge is 0.411 e. The minimum Gasteiger partial charge on any atom is -0.465 e. The maximum Gasteiger partial charge on any atom is 0.411 e. The Balaban J connectivity index is 0.00000194. The number of fused-ring (bicyclic) bond motifs is 2. The average molecular weight is 603 g/mol. The van der Waals surface area contributed by atoms with Crippen LogP contribution in [0.5, 0.6) is 0 Å². The first-order chi connectivity index (χ1) is 19.0. The second-order valence-corrected chi connectivity index (χ2v) is 9.49. The summed E-state index contributed by atoms with van der Waals surface area (Å²) in [5, 5.41) is 26.4. The number of aromatic nitrogens is 5. The van der Waals surface area contributed by atoms with Gasteiger partial charge in [-0.3, -0.25) is 9.58 Å². The predicted octanol–water partition coefficient (Wildman–Crippen LogP) is 4.63. The molecule has 1 saturated heterocycles. The van der Waals surface area contributed by atoms with E-state index in [1.807, 2.05) is 35.9 Å². The van der Waals surface area contributed by atoms with Gasteiger partial charge in [0.25, 0.3) is 0 Å². The third kappa shape index (κ3) is 6.20. The van der Waals surface area contributed by atoms with Gasteiger partial charge >= 0.3 is 6.09 Å². The Morgan fingerprint density at radius 2 is 2.10 bits per heavy atom. The largest absolute Gasteiger partial charge is 0.465 e. The number of aryl methyl sites for hydroxylation is 1. The molecule has 6 rings (SSSR count). The highest BCUT2D eigenvalue weighted by Crippen LogP contribution is 2.31. The molecule has 0 unspecified atom stereocenters. The van der Waals surface area contributed by atoms with E-state index < -0.39 is 6.09 Å². The van der Waals surface area contributed by atoms with Gasteiger partial charge in [-0.25, -0.2) is 18.7 Å². The number of carboxylic acid groups (broad SMARTS) is 1. The van der Waals surface area contributed by atoms with E-state index in [4.69, 9.17) is 4.74 Å². The third-order valence-electron chi connectivity index (χ3n) is 6.85. The molecule has 4 heterocycles. The summed E-state index contributed by atoms with van der Waals surface area (Å²) < 4.78 is 22.6. The zero-order chi connectivity index (χ0) is 26.9. The maximum absolute atomic E-state index is 13.6. The van der Waals surface area contributed by atoms with Gasteiger partial charge in [-0.1, -0.05) is 12.1 Å². The van der Waals surface area contributed by atoms with Crippen LogP contribution < -0.4 is 15.5 Å². The molecule has 0 radical (unpaired) electrons. The van der Waals surface area contributed by atoms with E-state index in [0.29, 0.717) is 43.3 Å². The van der Waals surface area contributed by atoms with Crippen LogP contribution in [0.4, 0.5) is 26.4 Å². The van der Waals surface area contributed by atoms with Gasteiger partial charge in [0, 0.05) is 35.8 Å². The quantitative estimate of drug-likeness (QED) is 0.246. The van der Waals surface area contributed by atoms with Gasteiger partial charge in [0.15, 0.2) is 5.82 Å². The molecular weight excluding hydrogens is 574 g/mol. The summed E-state index contributed by atoms with van der Waals surface area (Å²) in [6.07, 6.45) is 3.85. The fourth-order valence-corrected chi connectivity index (χ4v) is 4.98. The van der Waals surface area contributed by atoms with Crippen molar-refractivity contribution in [3.8, 4) is 0 Å². The van der Waals surface area contributed by atoms with Gasteiger partial charge in [0.05, 0.1) is 43.4 Å². The van der Waals surface area contributed by atoms with Gasteiger partial charge in [-0.05, 0) is 42.8 Å². The standard InChI is InChI=1S/C27H27FN8O3.2ClH/c1-17-24(34(27(37)38)13-22-15-39-8-7-29-22)14-36-25(17)26(30-16-32-36)33-21-5-6-23-19(10-21)11-31-35(23)12-18-3-2-4-20(28)9-18;;/h2-6,9-11,14,16,22,29H,7-8,12-13,15H2,1H3,(H,37,38)(H,30,32,33);2*1H/t22-;;/m0../s1. The Bertz CT molecular complexity index is 1670. The van der Waals surface area contributed by atoms with Gasteiger partial charge in [0.1, 0.15) is 17.7 Å². The number of carbonyl (C=O) groups is 1. The number of ether oxygens (including phenoxy) is 1. The Morgan fingerprint density at radius 3 is 2.85 bits per heavy atom. The summed E-state index contributed by atoms with van der Waals surface area (Å²) in [5.74, 6) is 0.270. The van der Waals surface area contributed by atoms with Crippen molar-refractivity contribution in [2.45, 2.75) is 19.5 Å². The second kappa shape index (κ2) is 12.7. The van der Waals surface area contributed by atoms with Crippen molar-refractivity contribution in [2.75, 3.05) is 36.5 Å². The van der Waals surface area contributed by atoms with Crippen molar-refractivity contribution in [1.29, 1.82) is 0 Å². The lowest BCUT2D eigenvalue weighted by atomic mass is 10.2. The highest BCUT2D eigenvalue weighted by molar-refractivity contribution is 5.92. The van der Waals surface area contributed by atoms with E-state index >= 15 is 0 Å². The molecule has 0 saturated carbocycles. The number of halogens is 3. The predicted molar refractivity (Wildman–Crippen MR) is 159 cm³/mol. The molecule has 2 aromatic carbocycles. The lowest BCUT2D eigenvalue weighted by molar-refractivity contribution is 0.0786. The van der Waals surface area contributed by atoms with Gasteiger partial charge in [-0.2, -0.15) is 10.2 Å². The molecule has 0 aliphatic carbocycles. The molecule has 41 heavy (non-hydrogen) atoms. The Morgan fingerprint density at radius 1 is 1.24 bits per heavy atom. The van der Waals surface area contributed by atoms with E-state index in [1.165, 1.54) is 23.4 Å². The summed E-state index contributed by atoms with van der Waals surface area (Å²) in [7, 11) is 0. The van der Waals surface area contributed by atoms with Crippen LogP contribution in [0.15, 0.2) is 61.2 Å². The second-order valence-electron chi connectivity index (χ2n) is 9.49. The molecule has 1 atom stereocenters. The summed E-state index contributed by atoms with van der Waals surface area (Å²) in [4.78, 5) is 18.0. The Kier molecular flexibility index (Phi) is 9.28. The molecule has 0 spiro atoms. The van der Waals surface area contributed by atoms with Gasteiger partial charge < -0.3 is 20.5 Å². The Labute approximate surface area is 247 Å². The monoisotopic (exact) mass is 602 g/mol. The third-order valence-corrected chi connectivity index (χ3v) is 6.85. The highest BCUT2D eigenvalue weighted by Gasteiger charge is 2.26. The number of morpholine rings is 1. The molecule has 3 aromatic heterocycles. The first kappa shape index (κ1) is 30.0. The van der Waals surface area contributed by atoms with E-state index in [2.05, 4.69) is 25.8 Å².